The number of hydrogen-bond acceptors (Lipinski definition) is 5. The minimum absolute atomic E-state index is 0.0175. The largest absolute Gasteiger partial charge is 0.497 e. The van der Waals surface area contributed by atoms with Crippen LogP contribution in [-0.4, -0.2) is 24.1 Å². The molecule has 7 heteroatoms. The van der Waals surface area contributed by atoms with Gasteiger partial charge in [0.15, 0.2) is 0 Å². The van der Waals surface area contributed by atoms with Crippen LogP contribution in [0, 0.1) is 10.1 Å². The van der Waals surface area contributed by atoms with Crippen LogP contribution >= 0.6 is 11.6 Å². The lowest BCUT2D eigenvalue weighted by Gasteiger charge is -2.05. The number of halogens is 1. The summed E-state index contributed by atoms with van der Waals surface area (Å²) in [5.41, 5.74) is -0.556. The Labute approximate surface area is 102 Å². The van der Waals surface area contributed by atoms with Crippen molar-refractivity contribution in [3.63, 3.8) is 0 Å². The molecule has 0 aliphatic heterocycles. The summed E-state index contributed by atoms with van der Waals surface area (Å²) in [6.45, 7) is -0.0175. The molecule has 92 valence electrons. The average Bonchev–Trinajstić information content (AvgIpc) is 2.28. The smallest absolute Gasteiger partial charge is 0.403 e. The Kier molecular flexibility index (Phi) is 4.71. The first kappa shape index (κ1) is 13.2. The molecule has 0 saturated heterocycles. The standard InChI is InChI=1S/C10H10ClNO5/c1-16-8-2-3-9(12(14)15)7(6-8)4-5-17-10(11)13/h2-3,6H,4-5H2,1H3. The van der Waals surface area contributed by atoms with E-state index in [4.69, 9.17) is 16.3 Å². The summed E-state index contributed by atoms with van der Waals surface area (Å²) in [5, 5.41) is 10.7. The molecule has 0 fully saturated rings. The number of ether oxygens (including phenoxy) is 2. The van der Waals surface area contributed by atoms with E-state index < -0.39 is 10.4 Å². The van der Waals surface area contributed by atoms with Crippen LogP contribution in [0.3, 0.4) is 0 Å². The van der Waals surface area contributed by atoms with Gasteiger partial charge in [-0.05, 0) is 12.1 Å². The molecule has 0 aliphatic rings. The van der Waals surface area contributed by atoms with Crippen molar-refractivity contribution in [2.24, 2.45) is 0 Å². The molecule has 1 rings (SSSR count). The van der Waals surface area contributed by atoms with Gasteiger partial charge in [0.1, 0.15) is 5.75 Å². The topological polar surface area (TPSA) is 78.7 Å². The van der Waals surface area contributed by atoms with E-state index in [0.29, 0.717) is 11.3 Å². The minimum atomic E-state index is -0.935. The van der Waals surface area contributed by atoms with Crippen LogP contribution in [0.4, 0.5) is 10.5 Å². The number of carbonyl (C=O) groups excluding carboxylic acids is 1. The second kappa shape index (κ2) is 6.05. The van der Waals surface area contributed by atoms with Gasteiger partial charge in [-0.1, -0.05) is 0 Å². The lowest BCUT2D eigenvalue weighted by Crippen LogP contribution is -2.03. The number of nitrogens with zero attached hydrogens (tertiary/aromatic N) is 1. The molecule has 0 atom stereocenters. The van der Waals surface area contributed by atoms with E-state index >= 15 is 0 Å². The van der Waals surface area contributed by atoms with Gasteiger partial charge in [0, 0.05) is 29.7 Å². The molecule has 0 bridgehead atoms. The van der Waals surface area contributed by atoms with Gasteiger partial charge < -0.3 is 9.47 Å². The van der Waals surface area contributed by atoms with Crippen LogP contribution in [0.2, 0.25) is 0 Å². The first-order valence-electron chi connectivity index (χ1n) is 4.68. The molecule has 1 aromatic carbocycles. The minimum Gasteiger partial charge on any atom is -0.497 e. The second-order valence-electron chi connectivity index (χ2n) is 3.09. The molecule has 17 heavy (non-hydrogen) atoms. The van der Waals surface area contributed by atoms with Crippen molar-refractivity contribution in [2.45, 2.75) is 6.42 Å². The first-order valence-corrected chi connectivity index (χ1v) is 5.06. The van der Waals surface area contributed by atoms with Gasteiger partial charge >= 0.3 is 5.43 Å². The molecule has 0 saturated carbocycles. The molecule has 0 unspecified atom stereocenters. The van der Waals surface area contributed by atoms with E-state index in [-0.39, 0.29) is 18.7 Å². The number of nitro groups is 1. The average molecular weight is 260 g/mol. The summed E-state index contributed by atoms with van der Waals surface area (Å²) in [6.07, 6.45) is 0.200. The predicted octanol–water partition coefficient (Wildman–Crippen LogP) is 2.52. The fraction of sp³-hybridized carbons (Fsp3) is 0.300. The van der Waals surface area contributed by atoms with Crippen LogP contribution in [-0.2, 0) is 11.2 Å². The Bertz CT molecular complexity index is 435. The number of carbonyl (C=O) groups is 1. The van der Waals surface area contributed by atoms with E-state index in [0.717, 1.165) is 0 Å². The molecule has 0 aromatic heterocycles. The van der Waals surface area contributed by atoms with Crippen LogP contribution in [0.5, 0.6) is 5.75 Å². The zero-order valence-electron chi connectivity index (χ0n) is 9.01. The van der Waals surface area contributed by atoms with E-state index in [9.17, 15) is 14.9 Å². The molecular formula is C10H10ClNO5. The van der Waals surface area contributed by atoms with Gasteiger partial charge in [-0.25, -0.2) is 4.79 Å². The summed E-state index contributed by atoms with van der Waals surface area (Å²) in [4.78, 5) is 20.6. The van der Waals surface area contributed by atoms with Gasteiger partial charge in [0.05, 0.1) is 18.6 Å². The highest BCUT2D eigenvalue weighted by atomic mass is 35.5. The van der Waals surface area contributed by atoms with Crippen molar-refractivity contribution in [3.05, 3.63) is 33.9 Å². The highest BCUT2D eigenvalue weighted by molar-refractivity contribution is 6.61. The van der Waals surface area contributed by atoms with Gasteiger partial charge in [-0.2, -0.15) is 0 Å². The number of benzene rings is 1. The zero-order valence-corrected chi connectivity index (χ0v) is 9.77. The van der Waals surface area contributed by atoms with Crippen LogP contribution in [0.15, 0.2) is 18.2 Å². The predicted molar refractivity (Wildman–Crippen MR) is 60.6 cm³/mol. The Balaban J connectivity index is 2.85. The van der Waals surface area contributed by atoms with Gasteiger partial charge in [-0.15, -0.1) is 0 Å². The lowest BCUT2D eigenvalue weighted by atomic mass is 10.1. The van der Waals surface area contributed by atoms with Crippen molar-refractivity contribution in [3.8, 4) is 5.75 Å². The van der Waals surface area contributed by atoms with E-state index in [1.54, 1.807) is 0 Å². The summed E-state index contributed by atoms with van der Waals surface area (Å²) in [6, 6.07) is 4.37. The van der Waals surface area contributed by atoms with E-state index in [1.807, 2.05) is 0 Å². The first-order chi connectivity index (χ1) is 8.04. The summed E-state index contributed by atoms with van der Waals surface area (Å²) in [7, 11) is 1.46. The van der Waals surface area contributed by atoms with Crippen LogP contribution < -0.4 is 4.74 Å². The van der Waals surface area contributed by atoms with Crippen LogP contribution in [0.25, 0.3) is 0 Å². The fourth-order valence-electron chi connectivity index (χ4n) is 1.31. The van der Waals surface area contributed by atoms with Crippen molar-refractivity contribution in [1.82, 2.24) is 0 Å². The zero-order chi connectivity index (χ0) is 12.8. The molecule has 0 radical (unpaired) electrons. The highest BCUT2D eigenvalue weighted by Crippen LogP contribution is 2.24. The number of methoxy groups -OCH3 is 1. The molecule has 0 spiro atoms. The number of rotatable bonds is 5. The summed E-state index contributed by atoms with van der Waals surface area (Å²) in [5.74, 6) is 0.503. The van der Waals surface area contributed by atoms with Crippen molar-refractivity contribution >= 4 is 22.7 Å². The Morgan fingerprint density at radius 3 is 2.76 bits per heavy atom. The lowest BCUT2D eigenvalue weighted by molar-refractivity contribution is -0.385. The van der Waals surface area contributed by atoms with Crippen LogP contribution in [0.1, 0.15) is 5.56 Å². The number of nitro benzene ring substituents is 1. The third-order valence-electron chi connectivity index (χ3n) is 2.07. The van der Waals surface area contributed by atoms with Crippen molar-refractivity contribution in [1.29, 1.82) is 0 Å². The molecule has 1 aromatic rings. The fourth-order valence-corrected chi connectivity index (χ4v) is 1.39. The molecule has 0 heterocycles. The Hall–Kier alpha value is -1.82. The number of hydrogen-bond donors (Lipinski definition) is 0. The van der Waals surface area contributed by atoms with E-state index in [1.165, 1.54) is 25.3 Å². The maximum Gasteiger partial charge on any atom is 0.403 e. The molecule has 0 N–H and O–H groups in total. The summed E-state index contributed by atoms with van der Waals surface area (Å²) >= 11 is 4.99. The van der Waals surface area contributed by atoms with Crippen molar-refractivity contribution in [2.75, 3.05) is 13.7 Å². The normalized spacial score (nSPS) is 9.76. The summed E-state index contributed by atoms with van der Waals surface area (Å²) < 4.78 is 9.48. The monoisotopic (exact) mass is 259 g/mol. The Morgan fingerprint density at radius 1 is 1.53 bits per heavy atom. The molecule has 0 amide bonds. The van der Waals surface area contributed by atoms with Gasteiger partial charge in [0.25, 0.3) is 5.69 Å². The third-order valence-corrected chi connectivity index (χ3v) is 2.18. The Morgan fingerprint density at radius 2 is 2.24 bits per heavy atom. The van der Waals surface area contributed by atoms with Gasteiger partial charge in [-0.3, -0.25) is 10.1 Å². The maximum absolute atomic E-state index is 10.7. The second-order valence-corrected chi connectivity index (χ2v) is 3.40. The quantitative estimate of drug-likeness (QED) is 0.461. The SMILES string of the molecule is COc1ccc([N+](=O)[O-])c(CCOC(=O)Cl)c1. The molecular weight excluding hydrogens is 250 g/mol. The molecule has 6 nitrogen and oxygen atoms in total. The maximum atomic E-state index is 10.7. The highest BCUT2D eigenvalue weighted by Gasteiger charge is 2.14. The molecule has 0 aliphatic carbocycles. The third kappa shape index (κ3) is 3.92. The van der Waals surface area contributed by atoms with Gasteiger partial charge in [0.2, 0.25) is 0 Å². The van der Waals surface area contributed by atoms with E-state index in [2.05, 4.69) is 4.74 Å². The van der Waals surface area contributed by atoms with Crippen molar-refractivity contribution < 1.29 is 19.2 Å².